The second kappa shape index (κ2) is 31.6. The van der Waals surface area contributed by atoms with Crippen LogP contribution in [-0.4, -0.2) is 66.3 Å². The molecule has 0 aliphatic heterocycles. The topological polar surface area (TPSA) is 38.7 Å². The second-order valence-corrected chi connectivity index (χ2v) is 15.3. The van der Waals surface area contributed by atoms with Crippen LogP contribution in [0, 0.1) is 67.5 Å². The monoisotopic (exact) mass is 944 g/mol. The summed E-state index contributed by atoms with van der Waals surface area (Å²) in [6.45, 7) is 33.2. The van der Waals surface area contributed by atoms with E-state index in [2.05, 4.69) is 164 Å². The van der Waals surface area contributed by atoms with E-state index in [-0.39, 0.29) is 32.7 Å². The van der Waals surface area contributed by atoms with Crippen molar-refractivity contribution in [3.63, 3.8) is 0 Å². The molecule has 7 heteroatoms. The summed E-state index contributed by atoms with van der Waals surface area (Å²) in [4.78, 5) is 18.2. The number of anilines is 4. The molecule has 6 rings (SSSR count). The van der Waals surface area contributed by atoms with Gasteiger partial charge in [-0.25, -0.2) is 11.1 Å². The van der Waals surface area contributed by atoms with Gasteiger partial charge >= 0.3 is 0 Å². The molecule has 349 valence electrons. The number of aromatic nitrogens is 2. The van der Waals surface area contributed by atoms with Crippen molar-refractivity contribution >= 4 is 33.5 Å². The number of nitrogens with zero attached hydrogens (tertiary/aromatic N) is 6. The van der Waals surface area contributed by atoms with Crippen LogP contribution in [0.2, 0.25) is 0 Å². The molecule has 0 saturated carbocycles. The van der Waals surface area contributed by atoms with Crippen LogP contribution in [0.5, 0.6) is 0 Å². The smallest absolute Gasteiger partial charge is 0.0498 e. The number of pyridine rings is 2. The fourth-order valence-corrected chi connectivity index (χ4v) is 6.83. The van der Waals surface area contributed by atoms with Crippen LogP contribution < -0.4 is 19.6 Å². The Morgan fingerprint density at radius 3 is 0.984 bits per heavy atom. The number of rotatable bonds is 7. The Hall–Kier alpha value is -4.26. The molecule has 0 aliphatic rings. The molecule has 2 heterocycles. The first kappa shape index (κ1) is 61.8. The van der Waals surface area contributed by atoms with Crippen LogP contribution in [0.15, 0.2) is 72.8 Å². The van der Waals surface area contributed by atoms with Crippen molar-refractivity contribution in [1.29, 1.82) is 0 Å². The molecule has 0 amide bonds. The van der Waals surface area contributed by atoms with Crippen molar-refractivity contribution in [2.45, 2.75) is 117 Å². The molecule has 6 aromatic rings. The molecule has 4 aromatic carbocycles. The summed E-state index contributed by atoms with van der Waals surface area (Å²) in [5.41, 5.74) is 19.5. The van der Waals surface area contributed by atoms with Gasteiger partial charge in [-0.3, -0.25) is 9.97 Å². The Bertz CT molecular complexity index is 2100. The average molecular weight is 944 g/mol. The third-order valence-corrected chi connectivity index (χ3v) is 10.8. The number of benzene rings is 4. The van der Waals surface area contributed by atoms with E-state index in [1.807, 2.05) is 108 Å². The van der Waals surface area contributed by atoms with Crippen molar-refractivity contribution in [2.75, 3.05) is 76.0 Å². The number of hydrogen-bond acceptors (Lipinski definition) is 6. The number of hydrogen-bond donors (Lipinski definition) is 0. The summed E-state index contributed by atoms with van der Waals surface area (Å²) in [6.07, 6.45) is 0.821. The van der Waals surface area contributed by atoms with E-state index >= 15 is 0 Å². The quantitative estimate of drug-likeness (QED) is 0.149. The first-order chi connectivity index (χ1) is 30.0. The summed E-state index contributed by atoms with van der Waals surface area (Å²) in [5.74, 6) is 0. The van der Waals surface area contributed by atoms with Gasteiger partial charge in [0.05, 0.1) is 0 Å². The third kappa shape index (κ3) is 16.6. The molecule has 1 radical (unpaired) electrons. The van der Waals surface area contributed by atoms with Gasteiger partial charge in [-0.05, 0) is 134 Å². The molecule has 0 N–H and O–H groups in total. The van der Waals surface area contributed by atoms with Gasteiger partial charge in [0.1, 0.15) is 0 Å². The largest absolute Gasteiger partial charge is 0.424 e. The van der Waals surface area contributed by atoms with E-state index < -0.39 is 0 Å². The molecule has 0 spiro atoms. The Morgan fingerprint density at radius 1 is 0.391 bits per heavy atom. The second-order valence-electron chi connectivity index (χ2n) is 15.3. The molecule has 2 aromatic heterocycles. The first-order valence-electron chi connectivity index (χ1n) is 23.0. The van der Waals surface area contributed by atoms with Gasteiger partial charge < -0.3 is 19.6 Å². The van der Waals surface area contributed by atoms with Gasteiger partial charge in [-0.15, -0.1) is 24.3 Å². The van der Waals surface area contributed by atoms with Crippen molar-refractivity contribution in [1.82, 2.24) is 9.97 Å². The van der Waals surface area contributed by atoms with E-state index in [0.29, 0.717) is 0 Å². The SMILES string of the molecule is CC.CC.CC.CC.CN(C)c1ccc[c-]c1-c1[c-]cccc1N(C)C.CN(C)c1cccc2cccc(N(C)C)c12.Cc1nc(Cc2nc(C)c(C)c(C)c2C)c(C)c(C)c1C.[Y]. The Labute approximate surface area is 418 Å². The zero-order valence-electron chi connectivity index (χ0n) is 44.9. The number of aryl methyl sites for hydroxylation is 2. The molecule has 0 aliphatic carbocycles. The molecule has 0 bridgehead atoms. The Kier molecular flexibility index (Phi) is 30.5. The van der Waals surface area contributed by atoms with Gasteiger partial charge in [0, 0.05) is 107 Å². The van der Waals surface area contributed by atoms with E-state index in [0.717, 1.165) is 51.7 Å². The van der Waals surface area contributed by atoms with Crippen LogP contribution in [0.3, 0.4) is 0 Å². The first-order valence-corrected chi connectivity index (χ1v) is 23.0. The van der Waals surface area contributed by atoms with Gasteiger partial charge in [-0.2, -0.15) is 24.3 Å². The summed E-state index contributed by atoms with van der Waals surface area (Å²) in [7, 11) is 16.5. The maximum absolute atomic E-state index is 4.81. The molecular formula is C57H86N6Y-2. The van der Waals surface area contributed by atoms with Crippen molar-refractivity contribution < 1.29 is 32.7 Å². The van der Waals surface area contributed by atoms with E-state index in [9.17, 15) is 0 Å². The van der Waals surface area contributed by atoms with Gasteiger partial charge in [0.2, 0.25) is 0 Å². The minimum absolute atomic E-state index is 0. The third-order valence-electron chi connectivity index (χ3n) is 10.8. The fourth-order valence-electron chi connectivity index (χ4n) is 6.83. The van der Waals surface area contributed by atoms with Crippen molar-refractivity contribution in [3.8, 4) is 11.1 Å². The van der Waals surface area contributed by atoms with E-state index in [1.54, 1.807) is 0 Å². The summed E-state index contributed by atoms with van der Waals surface area (Å²) in [6, 6.07) is 31.6. The van der Waals surface area contributed by atoms with E-state index in [4.69, 9.17) is 9.97 Å². The Balaban J connectivity index is 0. The predicted molar refractivity (Wildman–Crippen MR) is 285 cm³/mol. The zero-order chi connectivity index (χ0) is 48.7. The maximum atomic E-state index is 4.81. The van der Waals surface area contributed by atoms with Crippen LogP contribution >= 0.6 is 0 Å². The van der Waals surface area contributed by atoms with E-state index in [1.165, 1.54) is 55.5 Å². The molecule has 0 atom stereocenters. The van der Waals surface area contributed by atoms with Crippen LogP contribution in [0.4, 0.5) is 22.7 Å². The molecular weight excluding hydrogens is 858 g/mol. The normalized spacial score (nSPS) is 9.50. The van der Waals surface area contributed by atoms with Crippen LogP contribution in [0.1, 0.15) is 112 Å². The number of fused-ring (bicyclic) bond motifs is 1. The van der Waals surface area contributed by atoms with Gasteiger partial charge in [0.25, 0.3) is 0 Å². The summed E-state index contributed by atoms with van der Waals surface area (Å²) >= 11 is 0. The summed E-state index contributed by atoms with van der Waals surface area (Å²) < 4.78 is 0. The van der Waals surface area contributed by atoms with Crippen molar-refractivity contribution in [3.05, 3.63) is 141 Å². The van der Waals surface area contributed by atoms with Crippen LogP contribution in [0.25, 0.3) is 21.9 Å². The van der Waals surface area contributed by atoms with Crippen molar-refractivity contribution in [2.24, 2.45) is 0 Å². The van der Waals surface area contributed by atoms with Gasteiger partial charge in [0.15, 0.2) is 0 Å². The zero-order valence-corrected chi connectivity index (χ0v) is 47.7. The molecule has 64 heavy (non-hydrogen) atoms. The predicted octanol–water partition coefficient (Wildman–Crippen LogP) is 14.7. The molecule has 6 nitrogen and oxygen atoms in total. The maximum Gasteiger partial charge on any atom is 0.0498 e. The minimum Gasteiger partial charge on any atom is -0.424 e. The standard InChI is InChI=1S/C19H26N2.C16H18N2.C14H18N2.4C2H6.Y/c1-10-12(3)16(7)20-18(14(10)5)9-19-15(6)11(2)13(4)17(8)21-19;1-17(2)15-11-7-5-9-13(15)14-10-6-8-12-16(14)18(3)4;1-15(2)12-9-5-7-11-8-6-10-13(14(11)12)16(3)4;4*1-2;/h9H2,1-8H3;5-8,11-12H,1-4H3;5-10H,1-4H3;4*1-2H3;/q;-2;;;;;;. The average Bonchev–Trinajstić information content (AvgIpc) is 3.31. The minimum atomic E-state index is 0. The summed E-state index contributed by atoms with van der Waals surface area (Å²) in [5, 5.41) is 2.61. The van der Waals surface area contributed by atoms with Gasteiger partial charge in [-0.1, -0.05) is 91.0 Å². The molecule has 0 saturated heterocycles. The fraction of sp³-hybridized carbons (Fsp3) is 0.439. The molecule has 0 unspecified atom stereocenters. The van der Waals surface area contributed by atoms with Crippen LogP contribution in [-0.2, 0) is 39.1 Å². The molecule has 0 fully saturated rings. The Morgan fingerprint density at radius 2 is 0.688 bits per heavy atom.